The molecule has 2 aromatic heterocycles. The number of nitrogens with two attached hydrogens (primary N) is 1. The van der Waals surface area contributed by atoms with Gasteiger partial charge in [0.25, 0.3) is 5.91 Å². The molecule has 3 aliphatic heterocycles. The molecule has 8 nitrogen and oxygen atoms in total. The third-order valence-electron chi connectivity index (χ3n) is 5.43. The Balaban J connectivity index is 1.33. The number of piperazine rings is 1. The Morgan fingerprint density at radius 1 is 1.17 bits per heavy atom. The van der Waals surface area contributed by atoms with Crippen molar-refractivity contribution in [2.24, 2.45) is 5.73 Å². The fourth-order valence-electron chi connectivity index (χ4n) is 4.05. The van der Waals surface area contributed by atoms with E-state index in [0.29, 0.717) is 23.5 Å². The third-order valence-corrected chi connectivity index (χ3v) is 6.57. The van der Waals surface area contributed by atoms with Gasteiger partial charge in [0.1, 0.15) is 18.0 Å². The zero-order chi connectivity index (χ0) is 21.0. The minimum Gasteiger partial charge on any atom is -0.365 e. The second kappa shape index (κ2) is 6.87. The topological polar surface area (TPSA) is 104 Å². The lowest BCUT2D eigenvalue weighted by atomic mass is 9.87. The second-order valence-corrected chi connectivity index (χ2v) is 8.35. The van der Waals surface area contributed by atoms with Crippen LogP contribution in [-0.2, 0) is 0 Å². The van der Waals surface area contributed by atoms with Crippen molar-refractivity contribution in [1.29, 1.82) is 0 Å². The molecule has 3 amide bonds. The van der Waals surface area contributed by atoms with E-state index in [1.807, 2.05) is 0 Å². The maximum atomic E-state index is 13.8. The average molecular weight is 430 g/mol. The Kier molecular flexibility index (Phi) is 4.28. The lowest BCUT2D eigenvalue weighted by Gasteiger charge is -2.56. The number of aromatic nitrogens is 2. The van der Waals surface area contributed by atoms with Crippen LogP contribution in [0.25, 0.3) is 10.2 Å². The highest BCUT2D eigenvalue weighted by atomic mass is 32.1. The fourth-order valence-corrected chi connectivity index (χ4v) is 5.01. The summed E-state index contributed by atoms with van der Waals surface area (Å²) < 4.78 is 27.7. The number of fused-ring (bicyclic) bond motifs is 3. The van der Waals surface area contributed by atoms with Crippen LogP contribution in [0.15, 0.2) is 30.6 Å². The van der Waals surface area contributed by atoms with E-state index >= 15 is 0 Å². The van der Waals surface area contributed by atoms with Gasteiger partial charge in [-0.1, -0.05) is 0 Å². The van der Waals surface area contributed by atoms with Gasteiger partial charge in [0.15, 0.2) is 5.82 Å². The summed E-state index contributed by atoms with van der Waals surface area (Å²) in [6.07, 6.45) is 2.35. The Morgan fingerprint density at radius 3 is 2.63 bits per heavy atom. The Morgan fingerprint density at radius 2 is 1.93 bits per heavy atom. The van der Waals surface area contributed by atoms with E-state index in [1.54, 1.807) is 11.0 Å². The van der Waals surface area contributed by atoms with Crippen LogP contribution in [0.2, 0.25) is 0 Å². The van der Waals surface area contributed by atoms with Crippen LogP contribution in [0.1, 0.15) is 16.1 Å². The van der Waals surface area contributed by atoms with Gasteiger partial charge in [-0.15, -0.1) is 11.3 Å². The molecule has 0 radical (unpaired) electrons. The molecule has 5 heterocycles. The number of carbonyl (C=O) groups is 2. The Labute approximate surface area is 173 Å². The van der Waals surface area contributed by atoms with E-state index in [0.717, 1.165) is 29.1 Å². The molecule has 3 aliphatic rings. The number of anilines is 2. The van der Waals surface area contributed by atoms with Crippen molar-refractivity contribution >= 4 is 45.0 Å². The number of primary amides is 1. The van der Waals surface area contributed by atoms with E-state index in [-0.39, 0.29) is 17.8 Å². The van der Waals surface area contributed by atoms with Crippen molar-refractivity contribution in [3.05, 3.63) is 47.1 Å². The van der Waals surface area contributed by atoms with Gasteiger partial charge in [-0.25, -0.2) is 23.5 Å². The molecule has 30 heavy (non-hydrogen) atoms. The number of halogens is 2. The molecular formula is C19H16F2N6O2S. The first-order valence-electron chi connectivity index (χ1n) is 9.24. The SMILES string of the molecule is NC(=O)c1cc2ncnc(N3[C@@H]4C[C@H]3CN(C(=O)Nc3ccc(F)cc3F)C4)c2s1. The van der Waals surface area contributed by atoms with E-state index < -0.39 is 23.6 Å². The maximum absolute atomic E-state index is 13.8. The molecule has 1 aromatic carbocycles. The van der Waals surface area contributed by atoms with Crippen molar-refractivity contribution in [3.8, 4) is 0 Å². The number of amides is 3. The molecular weight excluding hydrogens is 414 g/mol. The summed E-state index contributed by atoms with van der Waals surface area (Å²) >= 11 is 1.25. The van der Waals surface area contributed by atoms with E-state index in [4.69, 9.17) is 5.73 Å². The first kappa shape index (κ1) is 18.7. The van der Waals surface area contributed by atoms with E-state index in [1.165, 1.54) is 23.7 Å². The first-order valence-corrected chi connectivity index (χ1v) is 10.1. The number of thiophene rings is 1. The van der Waals surface area contributed by atoms with Crippen molar-refractivity contribution in [1.82, 2.24) is 14.9 Å². The summed E-state index contributed by atoms with van der Waals surface area (Å²) in [4.78, 5) is 36.9. The number of urea groups is 1. The minimum atomic E-state index is -0.821. The van der Waals surface area contributed by atoms with Gasteiger partial charge in [0.05, 0.1) is 32.9 Å². The highest BCUT2D eigenvalue weighted by Gasteiger charge is 2.47. The molecule has 2 bridgehead atoms. The Bertz CT molecular complexity index is 1170. The summed E-state index contributed by atoms with van der Waals surface area (Å²) in [5.41, 5.74) is 5.98. The van der Waals surface area contributed by atoms with Gasteiger partial charge in [-0.3, -0.25) is 4.79 Å². The van der Waals surface area contributed by atoms with Gasteiger partial charge < -0.3 is 20.9 Å². The van der Waals surface area contributed by atoms with E-state index in [9.17, 15) is 18.4 Å². The molecule has 3 aromatic rings. The molecule has 3 N–H and O–H groups in total. The predicted molar refractivity (Wildman–Crippen MR) is 108 cm³/mol. The van der Waals surface area contributed by atoms with Crippen LogP contribution in [0.5, 0.6) is 0 Å². The number of benzene rings is 1. The lowest BCUT2D eigenvalue weighted by molar-refractivity contribution is 0.100. The number of nitrogens with one attached hydrogen (secondary N) is 1. The molecule has 11 heteroatoms. The maximum Gasteiger partial charge on any atom is 0.322 e. The Hall–Kier alpha value is -3.34. The molecule has 3 saturated heterocycles. The first-order chi connectivity index (χ1) is 14.4. The zero-order valence-electron chi connectivity index (χ0n) is 15.5. The van der Waals surface area contributed by atoms with Crippen LogP contribution in [0.3, 0.4) is 0 Å². The van der Waals surface area contributed by atoms with Gasteiger partial charge in [0, 0.05) is 19.2 Å². The number of carbonyl (C=O) groups excluding carboxylic acids is 2. The third kappa shape index (κ3) is 3.02. The molecule has 0 spiro atoms. The largest absolute Gasteiger partial charge is 0.365 e. The number of hydrogen-bond acceptors (Lipinski definition) is 6. The summed E-state index contributed by atoms with van der Waals surface area (Å²) in [5, 5.41) is 2.50. The van der Waals surface area contributed by atoms with Crippen LogP contribution in [0, 0.1) is 11.6 Å². The summed E-state index contributed by atoms with van der Waals surface area (Å²) in [7, 11) is 0. The van der Waals surface area contributed by atoms with Crippen LogP contribution in [-0.4, -0.2) is 52.0 Å². The predicted octanol–water partition coefficient (Wildman–Crippen LogP) is 2.56. The number of piperidine rings is 1. The quantitative estimate of drug-likeness (QED) is 0.665. The highest BCUT2D eigenvalue weighted by molar-refractivity contribution is 7.21. The van der Waals surface area contributed by atoms with Crippen molar-refractivity contribution in [3.63, 3.8) is 0 Å². The molecule has 2 atom stereocenters. The number of rotatable bonds is 3. The standard InChI is InChI=1S/C19H16F2N6O2S/c20-9-1-2-13(12(21)3-9)25-19(29)26-6-10-4-11(7-26)27(10)18-16-14(23-8-24-18)5-15(30-16)17(22)28/h1-3,5,8,10-11H,4,6-7H2,(H2,22,28)(H,25,29)/t10-,11+. The number of nitrogens with zero attached hydrogens (tertiary/aromatic N) is 4. The van der Waals surface area contributed by atoms with Crippen LogP contribution < -0.4 is 16.0 Å². The molecule has 0 unspecified atom stereocenters. The minimum absolute atomic E-state index is 0.0461. The fraction of sp³-hybridized carbons (Fsp3) is 0.263. The van der Waals surface area contributed by atoms with Gasteiger partial charge in [0.2, 0.25) is 0 Å². The van der Waals surface area contributed by atoms with Crippen LogP contribution >= 0.6 is 11.3 Å². The summed E-state index contributed by atoms with van der Waals surface area (Å²) in [6.45, 7) is 0.870. The van der Waals surface area contributed by atoms with E-state index in [2.05, 4.69) is 20.2 Å². The molecule has 6 rings (SSSR count). The highest BCUT2D eigenvalue weighted by Crippen LogP contribution is 2.41. The molecule has 0 aliphatic carbocycles. The smallest absolute Gasteiger partial charge is 0.322 e. The average Bonchev–Trinajstić information content (AvgIpc) is 3.16. The molecule has 3 fully saturated rings. The molecule has 0 saturated carbocycles. The van der Waals surface area contributed by atoms with Gasteiger partial charge >= 0.3 is 6.03 Å². The summed E-state index contributed by atoms with van der Waals surface area (Å²) in [5.74, 6) is -1.31. The van der Waals surface area contributed by atoms with Crippen molar-refractivity contribution in [2.45, 2.75) is 18.5 Å². The van der Waals surface area contributed by atoms with Crippen molar-refractivity contribution in [2.75, 3.05) is 23.3 Å². The van der Waals surface area contributed by atoms with Gasteiger partial charge in [-0.05, 0) is 24.6 Å². The number of hydrogen-bond donors (Lipinski definition) is 2. The second-order valence-electron chi connectivity index (χ2n) is 7.30. The molecule has 154 valence electrons. The zero-order valence-corrected chi connectivity index (χ0v) is 16.3. The normalized spacial score (nSPS) is 20.2. The lowest BCUT2D eigenvalue weighted by Crippen LogP contribution is -2.70. The monoisotopic (exact) mass is 430 g/mol. The van der Waals surface area contributed by atoms with Crippen LogP contribution in [0.4, 0.5) is 25.1 Å². The summed E-state index contributed by atoms with van der Waals surface area (Å²) in [6, 6.07) is 4.33. The van der Waals surface area contributed by atoms with Gasteiger partial charge in [-0.2, -0.15) is 0 Å². The van der Waals surface area contributed by atoms with Crippen molar-refractivity contribution < 1.29 is 18.4 Å².